The maximum absolute atomic E-state index is 12.8. The fraction of sp³-hybridized carbons (Fsp3) is 0.458. The van der Waals surface area contributed by atoms with Gasteiger partial charge in [0, 0.05) is 0 Å². The Morgan fingerprint density at radius 3 is 2.21 bits per heavy atom. The molecule has 0 aromatic heterocycles. The van der Waals surface area contributed by atoms with E-state index in [1.165, 1.54) is 0 Å². The zero-order valence-corrected chi connectivity index (χ0v) is 18.1. The van der Waals surface area contributed by atoms with Crippen molar-refractivity contribution in [1.82, 2.24) is 5.32 Å². The predicted molar refractivity (Wildman–Crippen MR) is 114 cm³/mol. The van der Waals surface area contributed by atoms with E-state index in [1.54, 1.807) is 7.11 Å². The lowest BCUT2D eigenvalue weighted by molar-refractivity contribution is -0.128. The molecule has 1 amide bonds. The highest BCUT2D eigenvalue weighted by Crippen LogP contribution is 2.32. The first kappa shape index (κ1) is 21.8. The summed E-state index contributed by atoms with van der Waals surface area (Å²) in [5.74, 6) is 1.84. The molecule has 0 bridgehead atoms. The van der Waals surface area contributed by atoms with E-state index in [9.17, 15) is 4.79 Å². The highest BCUT2D eigenvalue weighted by atomic mass is 16.5. The maximum atomic E-state index is 12.8. The number of ether oxygens (including phenoxy) is 2. The van der Waals surface area contributed by atoms with Crippen molar-refractivity contribution in [3.05, 3.63) is 58.7 Å². The largest absolute Gasteiger partial charge is 0.496 e. The first-order valence-corrected chi connectivity index (χ1v) is 9.98. The summed E-state index contributed by atoms with van der Waals surface area (Å²) in [4.78, 5) is 12.8. The van der Waals surface area contributed by atoms with Crippen molar-refractivity contribution in [2.45, 2.75) is 66.0 Å². The Labute approximate surface area is 169 Å². The van der Waals surface area contributed by atoms with Gasteiger partial charge in [-0.25, -0.2) is 0 Å². The molecule has 4 heteroatoms. The molecule has 2 rings (SSSR count). The first-order chi connectivity index (χ1) is 13.3. The van der Waals surface area contributed by atoms with Crippen LogP contribution in [-0.2, 0) is 4.79 Å². The molecule has 0 aliphatic carbocycles. The summed E-state index contributed by atoms with van der Waals surface area (Å²) in [7, 11) is 1.69. The Hall–Kier alpha value is -2.49. The Morgan fingerprint density at radius 2 is 1.68 bits per heavy atom. The van der Waals surface area contributed by atoms with Gasteiger partial charge in [-0.2, -0.15) is 0 Å². The Morgan fingerprint density at radius 1 is 1.04 bits per heavy atom. The second-order valence-corrected chi connectivity index (χ2v) is 7.66. The van der Waals surface area contributed by atoms with Gasteiger partial charge in [-0.1, -0.05) is 38.5 Å². The highest BCUT2D eigenvalue weighted by molar-refractivity contribution is 5.81. The number of nitrogens with one attached hydrogen (secondary N) is 1. The standard InChI is InChI=1S/C24H33NO3/c1-8-22(28-19-11-9-16(4)10-12-19)24(26)25-18(6)21-14-20(15(2)3)23(27-7)13-17(21)5/h9-15,18,22H,8H2,1-7H3,(H,25,26)/t18-,22-/m0/s1. The van der Waals surface area contributed by atoms with Gasteiger partial charge < -0.3 is 14.8 Å². The molecule has 0 unspecified atom stereocenters. The molecule has 2 atom stereocenters. The van der Waals surface area contributed by atoms with Crippen molar-refractivity contribution in [1.29, 1.82) is 0 Å². The fourth-order valence-electron chi connectivity index (χ4n) is 3.30. The normalized spacial score (nSPS) is 13.1. The van der Waals surface area contributed by atoms with Crippen LogP contribution in [0.15, 0.2) is 36.4 Å². The van der Waals surface area contributed by atoms with E-state index in [-0.39, 0.29) is 11.9 Å². The third-order valence-electron chi connectivity index (χ3n) is 5.03. The molecule has 4 nitrogen and oxygen atoms in total. The summed E-state index contributed by atoms with van der Waals surface area (Å²) in [6, 6.07) is 11.8. The minimum absolute atomic E-state index is 0.100. The lowest BCUT2D eigenvalue weighted by atomic mass is 9.93. The van der Waals surface area contributed by atoms with E-state index in [0.717, 1.165) is 28.0 Å². The number of benzene rings is 2. The minimum atomic E-state index is -0.520. The van der Waals surface area contributed by atoms with E-state index in [4.69, 9.17) is 9.47 Å². The number of carbonyl (C=O) groups excluding carboxylic acids is 1. The van der Waals surface area contributed by atoms with Crippen molar-refractivity contribution in [2.75, 3.05) is 7.11 Å². The van der Waals surface area contributed by atoms with Gasteiger partial charge in [0.2, 0.25) is 0 Å². The maximum Gasteiger partial charge on any atom is 0.261 e. The summed E-state index contributed by atoms with van der Waals surface area (Å²) >= 11 is 0. The van der Waals surface area contributed by atoms with Crippen molar-refractivity contribution in [2.24, 2.45) is 0 Å². The monoisotopic (exact) mass is 383 g/mol. The van der Waals surface area contributed by atoms with Crippen molar-refractivity contribution >= 4 is 5.91 Å². The molecule has 1 N–H and O–H groups in total. The van der Waals surface area contributed by atoms with Crippen LogP contribution in [0.25, 0.3) is 0 Å². The number of amides is 1. The molecule has 0 aliphatic rings. The van der Waals surface area contributed by atoms with Gasteiger partial charge >= 0.3 is 0 Å². The van der Waals surface area contributed by atoms with E-state index in [2.05, 4.69) is 25.2 Å². The molecule has 0 saturated carbocycles. The smallest absolute Gasteiger partial charge is 0.261 e. The van der Waals surface area contributed by atoms with Crippen molar-refractivity contribution in [3.8, 4) is 11.5 Å². The SMILES string of the molecule is CC[C@H](Oc1ccc(C)cc1)C(=O)N[C@@H](C)c1cc(C(C)C)c(OC)cc1C. The van der Waals surface area contributed by atoms with E-state index < -0.39 is 6.10 Å². The van der Waals surface area contributed by atoms with Gasteiger partial charge in [0.25, 0.3) is 5.91 Å². The third-order valence-corrected chi connectivity index (χ3v) is 5.03. The minimum Gasteiger partial charge on any atom is -0.496 e. The molecule has 0 aliphatic heterocycles. The molecule has 0 fully saturated rings. The van der Waals surface area contributed by atoms with Crippen LogP contribution in [0.5, 0.6) is 11.5 Å². The van der Waals surface area contributed by atoms with Crippen LogP contribution in [0, 0.1) is 13.8 Å². The predicted octanol–water partition coefficient (Wildman–Crippen LogP) is 5.47. The second-order valence-electron chi connectivity index (χ2n) is 7.66. The second kappa shape index (κ2) is 9.63. The van der Waals surface area contributed by atoms with Crippen molar-refractivity contribution < 1.29 is 14.3 Å². The zero-order chi connectivity index (χ0) is 20.8. The molecule has 0 heterocycles. The van der Waals surface area contributed by atoms with Crippen LogP contribution < -0.4 is 14.8 Å². The fourth-order valence-corrected chi connectivity index (χ4v) is 3.30. The summed E-state index contributed by atoms with van der Waals surface area (Å²) in [6.07, 6.45) is 0.0823. The Balaban J connectivity index is 2.15. The molecule has 28 heavy (non-hydrogen) atoms. The molecule has 152 valence electrons. The van der Waals surface area contributed by atoms with E-state index in [1.807, 2.05) is 58.0 Å². The number of methoxy groups -OCH3 is 1. The molecule has 2 aromatic rings. The zero-order valence-electron chi connectivity index (χ0n) is 18.1. The third kappa shape index (κ3) is 5.28. The van der Waals surface area contributed by atoms with Crippen LogP contribution in [0.3, 0.4) is 0 Å². The highest BCUT2D eigenvalue weighted by Gasteiger charge is 2.22. The molecular weight excluding hydrogens is 350 g/mol. The molecular formula is C24H33NO3. The molecule has 0 saturated heterocycles. The Bertz CT molecular complexity index is 796. The number of carbonyl (C=O) groups is 1. The number of rotatable bonds is 8. The lowest BCUT2D eigenvalue weighted by Gasteiger charge is -2.23. The molecule has 0 spiro atoms. The number of aryl methyl sites for hydroxylation is 2. The van der Waals surface area contributed by atoms with Crippen LogP contribution in [0.2, 0.25) is 0 Å². The first-order valence-electron chi connectivity index (χ1n) is 9.98. The quantitative estimate of drug-likeness (QED) is 0.657. The van der Waals surface area contributed by atoms with Gasteiger partial charge in [0.1, 0.15) is 11.5 Å². The molecule has 2 aromatic carbocycles. The van der Waals surface area contributed by atoms with Gasteiger partial charge in [-0.15, -0.1) is 0 Å². The van der Waals surface area contributed by atoms with E-state index in [0.29, 0.717) is 18.1 Å². The average molecular weight is 384 g/mol. The number of hydrogen-bond donors (Lipinski definition) is 1. The Kier molecular flexibility index (Phi) is 7.50. The van der Waals surface area contributed by atoms with E-state index >= 15 is 0 Å². The van der Waals surface area contributed by atoms with Gasteiger partial charge in [0.05, 0.1) is 13.2 Å². The average Bonchev–Trinajstić information content (AvgIpc) is 2.66. The van der Waals surface area contributed by atoms with Crippen LogP contribution >= 0.6 is 0 Å². The summed E-state index contributed by atoms with van der Waals surface area (Å²) in [5, 5.41) is 3.12. The van der Waals surface area contributed by atoms with Crippen molar-refractivity contribution in [3.63, 3.8) is 0 Å². The van der Waals surface area contributed by atoms with Gasteiger partial charge in [-0.3, -0.25) is 4.79 Å². The number of hydrogen-bond acceptors (Lipinski definition) is 3. The van der Waals surface area contributed by atoms with Crippen LogP contribution in [-0.4, -0.2) is 19.1 Å². The topological polar surface area (TPSA) is 47.6 Å². The molecule has 0 radical (unpaired) electrons. The van der Waals surface area contributed by atoms with Gasteiger partial charge in [0.15, 0.2) is 6.10 Å². The van der Waals surface area contributed by atoms with Crippen LogP contribution in [0.4, 0.5) is 0 Å². The lowest BCUT2D eigenvalue weighted by Crippen LogP contribution is -2.39. The van der Waals surface area contributed by atoms with Gasteiger partial charge in [-0.05, 0) is 74.1 Å². The summed E-state index contributed by atoms with van der Waals surface area (Å²) in [6.45, 7) is 12.3. The van der Waals surface area contributed by atoms with Crippen LogP contribution in [0.1, 0.15) is 68.3 Å². The summed E-state index contributed by atoms with van der Waals surface area (Å²) < 4.78 is 11.4. The summed E-state index contributed by atoms with van der Waals surface area (Å²) in [5.41, 5.74) is 4.51.